The van der Waals surface area contributed by atoms with Crippen LogP contribution in [0.2, 0.25) is 0 Å². The van der Waals surface area contributed by atoms with E-state index >= 15 is 0 Å². The highest BCUT2D eigenvalue weighted by Gasteiger charge is 2.23. The minimum Gasteiger partial charge on any atom is -0.325 e. The van der Waals surface area contributed by atoms with Crippen LogP contribution in [0.3, 0.4) is 0 Å². The van der Waals surface area contributed by atoms with Crippen LogP contribution < -0.4 is 10.9 Å². The molecule has 0 atom stereocenters. The number of carbonyl (C=O) groups excluding carboxylic acids is 1. The molecule has 0 bridgehead atoms. The highest BCUT2D eigenvalue weighted by Crippen LogP contribution is 2.35. The van der Waals surface area contributed by atoms with E-state index in [0.717, 1.165) is 64.8 Å². The molecule has 4 aromatic rings. The number of benzene rings is 2. The fraction of sp³-hybridized carbons (Fsp3) is 0.296. The Morgan fingerprint density at radius 2 is 1.91 bits per heavy atom. The normalized spacial score (nSPS) is 13.1. The van der Waals surface area contributed by atoms with E-state index in [1.54, 1.807) is 15.9 Å². The van der Waals surface area contributed by atoms with Crippen molar-refractivity contribution >= 4 is 44.9 Å². The summed E-state index contributed by atoms with van der Waals surface area (Å²) in [6.45, 7) is 4.08. The maximum atomic E-state index is 13.8. The van der Waals surface area contributed by atoms with Crippen LogP contribution in [0.15, 0.2) is 58.5 Å². The molecule has 0 radical (unpaired) electrons. The van der Waals surface area contributed by atoms with Crippen molar-refractivity contribution in [2.45, 2.75) is 51.1 Å². The number of carbonyl (C=O) groups is 1. The Hall–Kier alpha value is -2.90. The van der Waals surface area contributed by atoms with Gasteiger partial charge in [-0.15, -0.1) is 11.3 Å². The van der Waals surface area contributed by atoms with E-state index in [2.05, 4.69) is 12.2 Å². The molecule has 2 aromatic carbocycles. The van der Waals surface area contributed by atoms with Gasteiger partial charge >= 0.3 is 0 Å². The monoisotopic (exact) mass is 489 g/mol. The van der Waals surface area contributed by atoms with Crippen LogP contribution in [0, 0.1) is 6.92 Å². The summed E-state index contributed by atoms with van der Waals surface area (Å²) in [7, 11) is 0. The summed E-state index contributed by atoms with van der Waals surface area (Å²) in [5.41, 5.74) is 4.95. The molecule has 1 N–H and O–H groups in total. The number of rotatable bonds is 6. The van der Waals surface area contributed by atoms with Crippen LogP contribution >= 0.6 is 23.1 Å². The fourth-order valence-electron chi connectivity index (χ4n) is 4.60. The van der Waals surface area contributed by atoms with Crippen molar-refractivity contribution < 1.29 is 4.79 Å². The second-order valence-corrected chi connectivity index (χ2v) is 10.6. The first kappa shape index (κ1) is 22.9. The standard InChI is InChI=1S/C27H27N3O2S2/c1-3-18-11-9-10-17(2)24(18)28-22(31)16-33-27-29-25-23(20-14-7-8-15-21(20)34-25)26(32)30(27)19-12-5-4-6-13-19/h4-6,9-13H,3,7-8,14-16H2,1-2H3,(H,28,31). The first-order chi connectivity index (χ1) is 16.6. The number of aryl methyl sites for hydroxylation is 4. The summed E-state index contributed by atoms with van der Waals surface area (Å²) >= 11 is 2.95. The average molecular weight is 490 g/mol. The van der Waals surface area contributed by atoms with E-state index in [1.807, 2.05) is 55.5 Å². The van der Waals surface area contributed by atoms with Crippen molar-refractivity contribution in [1.29, 1.82) is 0 Å². The predicted molar refractivity (Wildman–Crippen MR) is 142 cm³/mol. The van der Waals surface area contributed by atoms with E-state index < -0.39 is 0 Å². The Balaban J connectivity index is 1.50. The lowest BCUT2D eigenvalue weighted by Crippen LogP contribution is -2.23. The fourth-order valence-corrected chi connectivity index (χ4v) is 6.71. The van der Waals surface area contributed by atoms with Crippen molar-refractivity contribution in [3.05, 3.63) is 80.5 Å². The summed E-state index contributed by atoms with van der Waals surface area (Å²) in [6, 6.07) is 15.6. The van der Waals surface area contributed by atoms with Gasteiger partial charge in [-0.1, -0.05) is 55.1 Å². The topological polar surface area (TPSA) is 64.0 Å². The second kappa shape index (κ2) is 9.76. The lowest BCUT2D eigenvalue weighted by Gasteiger charge is -2.15. The van der Waals surface area contributed by atoms with Gasteiger partial charge in [-0.25, -0.2) is 4.98 Å². The molecule has 2 heterocycles. The zero-order valence-corrected chi connectivity index (χ0v) is 21.0. The largest absolute Gasteiger partial charge is 0.325 e. The third-order valence-electron chi connectivity index (χ3n) is 6.31. The van der Waals surface area contributed by atoms with E-state index in [-0.39, 0.29) is 17.2 Å². The molecule has 1 amide bonds. The number of thioether (sulfide) groups is 1. The Morgan fingerprint density at radius 3 is 2.71 bits per heavy atom. The molecule has 0 fully saturated rings. The average Bonchev–Trinajstić information content (AvgIpc) is 3.23. The maximum Gasteiger partial charge on any atom is 0.267 e. The second-order valence-electron chi connectivity index (χ2n) is 8.56. The van der Waals surface area contributed by atoms with Gasteiger partial charge in [0.2, 0.25) is 5.91 Å². The molecule has 34 heavy (non-hydrogen) atoms. The summed E-state index contributed by atoms with van der Waals surface area (Å²) in [6.07, 6.45) is 5.07. The summed E-state index contributed by atoms with van der Waals surface area (Å²) in [5.74, 6) is 0.0707. The zero-order chi connectivity index (χ0) is 23.7. The number of aromatic nitrogens is 2. The van der Waals surface area contributed by atoms with E-state index in [0.29, 0.717) is 5.16 Å². The highest BCUT2D eigenvalue weighted by atomic mass is 32.2. The number of amides is 1. The number of anilines is 1. The van der Waals surface area contributed by atoms with Crippen LogP contribution in [0.4, 0.5) is 5.69 Å². The SMILES string of the molecule is CCc1cccc(C)c1NC(=O)CSc1nc2sc3c(c2c(=O)n1-c1ccccc1)CCCC3. The number of thiophene rings is 1. The first-order valence-corrected chi connectivity index (χ1v) is 13.5. The third kappa shape index (κ3) is 4.30. The van der Waals surface area contributed by atoms with Crippen molar-refractivity contribution in [3.63, 3.8) is 0 Å². The van der Waals surface area contributed by atoms with Crippen LogP contribution in [-0.4, -0.2) is 21.2 Å². The number of para-hydroxylation sites is 2. The van der Waals surface area contributed by atoms with Crippen LogP contribution in [-0.2, 0) is 24.1 Å². The number of hydrogen-bond donors (Lipinski definition) is 1. The molecule has 0 saturated heterocycles. The lowest BCUT2D eigenvalue weighted by atomic mass is 9.97. The van der Waals surface area contributed by atoms with Gasteiger partial charge in [0.1, 0.15) is 4.83 Å². The molecule has 0 spiro atoms. The molecule has 1 aliphatic rings. The van der Waals surface area contributed by atoms with E-state index in [9.17, 15) is 9.59 Å². The lowest BCUT2D eigenvalue weighted by molar-refractivity contribution is -0.113. The molecule has 0 unspecified atom stereocenters. The predicted octanol–water partition coefficient (Wildman–Crippen LogP) is 5.93. The van der Waals surface area contributed by atoms with E-state index in [4.69, 9.17) is 4.98 Å². The minimum atomic E-state index is -0.103. The molecule has 7 heteroatoms. The van der Waals surface area contributed by atoms with Gasteiger partial charge in [0.25, 0.3) is 5.56 Å². The Morgan fingerprint density at radius 1 is 1.12 bits per heavy atom. The van der Waals surface area contributed by atoms with Crippen LogP contribution in [0.25, 0.3) is 15.9 Å². The summed E-state index contributed by atoms with van der Waals surface area (Å²) in [4.78, 5) is 33.7. The van der Waals surface area contributed by atoms with Gasteiger partial charge < -0.3 is 5.32 Å². The van der Waals surface area contributed by atoms with Gasteiger partial charge in [-0.2, -0.15) is 0 Å². The molecular formula is C27H27N3O2S2. The molecule has 1 aliphatic carbocycles. The highest BCUT2D eigenvalue weighted by molar-refractivity contribution is 7.99. The van der Waals surface area contributed by atoms with Gasteiger partial charge in [-0.05, 0) is 67.9 Å². The quantitative estimate of drug-likeness (QED) is 0.269. The van der Waals surface area contributed by atoms with Gasteiger partial charge in [0.05, 0.1) is 16.8 Å². The van der Waals surface area contributed by atoms with Crippen molar-refractivity contribution in [3.8, 4) is 5.69 Å². The van der Waals surface area contributed by atoms with Gasteiger partial charge in [0, 0.05) is 10.6 Å². The number of nitrogens with zero attached hydrogens (tertiary/aromatic N) is 2. The zero-order valence-electron chi connectivity index (χ0n) is 19.4. The first-order valence-electron chi connectivity index (χ1n) is 11.7. The van der Waals surface area contributed by atoms with Crippen LogP contribution in [0.1, 0.15) is 41.3 Å². The smallest absolute Gasteiger partial charge is 0.267 e. The molecule has 2 aromatic heterocycles. The molecular weight excluding hydrogens is 462 g/mol. The van der Waals surface area contributed by atoms with Crippen LogP contribution in [0.5, 0.6) is 0 Å². The molecule has 0 saturated carbocycles. The number of nitrogens with one attached hydrogen (secondary N) is 1. The molecule has 174 valence electrons. The Bertz CT molecular complexity index is 1420. The third-order valence-corrected chi connectivity index (χ3v) is 8.43. The Kier molecular flexibility index (Phi) is 6.57. The summed E-state index contributed by atoms with van der Waals surface area (Å²) < 4.78 is 1.67. The molecule has 5 nitrogen and oxygen atoms in total. The molecule has 0 aliphatic heterocycles. The maximum absolute atomic E-state index is 13.8. The number of fused-ring (bicyclic) bond motifs is 3. The minimum absolute atomic E-state index is 0.0364. The Labute approximate surface area is 207 Å². The van der Waals surface area contributed by atoms with Gasteiger partial charge in [-0.3, -0.25) is 14.2 Å². The van der Waals surface area contributed by atoms with E-state index in [1.165, 1.54) is 22.2 Å². The van der Waals surface area contributed by atoms with Crippen molar-refractivity contribution in [2.75, 3.05) is 11.1 Å². The number of hydrogen-bond acceptors (Lipinski definition) is 5. The van der Waals surface area contributed by atoms with Crippen molar-refractivity contribution in [2.24, 2.45) is 0 Å². The molecule has 5 rings (SSSR count). The van der Waals surface area contributed by atoms with Crippen molar-refractivity contribution in [1.82, 2.24) is 9.55 Å². The van der Waals surface area contributed by atoms with Gasteiger partial charge in [0.15, 0.2) is 5.16 Å². The summed E-state index contributed by atoms with van der Waals surface area (Å²) in [5, 5.41) is 4.39.